The van der Waals surface area contributed by atoms with E-state index < -0.39 is 13.9 Å². The van der Waals surface area contributed by atoms with Gasteiger partial charge < -0.3 is 14.9 Å². The Morgan fingerprint density at radius 3 is 2.14 bits per heavy atom. The molecule has 0 radical (unpaired) electrons. The summed E-state index contributed by atoms with van der Waals surface area (Å²) in [6.45, 7) is 16.8. The molecule has 1 amide bonds. The number of nitrogens with two attached hydrogens (primary N) is 1. The van der Waals surface area contributed by atoms with Crippen LogP contribution >= 0.6 is 0 Å². The van der Waals surface area contributed by atoms with Gasteiger partial charge in [-0.25, -0.2) is 4.79 Å². The van der Waals surface area contributed by atoms with E-state index >= 15 is 0 Å². The molecule has 0 saturated heterocycles. The van der Waals surface area contributed by atoms with Gasteiger partial charge in [-0.3, -0.25) is 4.90 Å². The molecule has 2 N–H and O–H groups in total. The van der Waals surface area contributed by atoms with E-state index in [2.05, 4.69) is 26.9 Å². The Morgan fingerprint density at radius 1 is 1.24 bits per heavy atom. The van der Waals surface area contributed by atoms with Crippen molar-refractivity contribution in [1.82, 2.24) is 4.90 Å². The molecule has 0 rings (SSSR count). The standard InChI is InChI=1S/C15H34N2O3Si/c1-12(2)10-21(7,8)19-11-17(9-13(3)16)14(18)20-15(4,5)6/h12-13H,9-11,16H2,1-8H3/t13-/m0/s1. The van der Waals surface area contributed by atoms with Gasteiger partial charge in [-0.15, -0.1) is 0 Å². The van der Waals surface area contributed by atoms with Crippen LogP contribution in [0.4, 0.5) is 4.79 Å². The van der Waals surface area contributed by atoms with E-state index in [4.69, 9.17) is 14.9 Å². The van der Waals surface area contributed by atoms with Gasteiger partial charge >= 0.3 is 6.09 Å². The van der Waals surface area contributed by atoms with Gasteiger partial charge in [-0.05, 0) is 52.8 Å². The largest absolute Gasteiger partial charge is 0.444 e. The topological polar surface area (TPSA) is 64.8 Å². The van der Waals surface area contributed by atoms with Gasteiger partial charge in [-0.1, -0.05) is 13.8 Å². The molecule has 5 nitrogen and oxygen atoms in total. The molecule has 0 aliphatic carbocycles. The number of nitrogens with zero attached hydrogens (tertiary/aromatic N) is 1. The third-order valence-electron chi connectivity index (χ3n) is 2.67. The molecule has 0 aromatic carbocycles. The lowest BCUT2D eigenvalue weighted by molar-refractivity contribution is 0.00759. The van der Waals surface area contributed by atoms with Gasteiger partial charge in [-0.2, -0.15) is 0 Å². The lowest BCUT2D eigenvalue weighted by Gasteiger charge is -2.32. The summed E-state index contributed by atoms with van der Waals surface area (Å²) in [5, 5.41) is 0. The first-order valence-electron chi connectivity index (χ1n) is 7.70. The monoisotopic (exact) mass is 318 g/mol. The highest BCUT2D eigenvalue weighted by Crippen LogP contribution is 2.18. The highest BCUT2D eigenvalue weighted by atomic mass is 28.4. The zero-order valence-electron chi connectivity index (χ0n) is 15.0. The lowest BCUT2D eigenvalue weighted by Crippen LogP contribution is -2.46. The van der Waals surface area contributed by atoms with Crippen LogP contribution < -0.4 is 5.73 Å². The molecule has 6 heteroatoms. The maximum Gasteiger partial charge on any atom is 0.412 e. The van der Waals surface area contributed by atoms with Crippen LogP contribution in [0, 0.1) is 5.92 Å². The number of carbonyl (C=O) groups excluding carboxylic acids is 1. The highest BCUT2D eigenvalue weighted by molar-refractivity contribution is 6.71. The number of rotatable bonds is 7. The molecule has 0 fully saturated rings. The maximum atomic E-state index is 12.2. The summed E-state index contributed by atoms with van der Waals surface area (Å²) in [6.07, 6.45) is -0.367. The Bertz CT molecular complexity index is 325. The van der Waals surface area contributed by atoms with Crippen LogP contribution in [0.5, 0.6) is 0 Å². The molecular weight excluding hydrogens is 284 g/mol. The minimum absolute atomic E-state index is 0.115. The second kappa shape index (κ2) is 8.15. The molecule has 0 unspecified atom stereocenters. The third-order valence-corrected chi connectivity index (χ3v) is 5.38. The smallest absolute Gasteiger partial charge is 0.412 e. The van der Waals surface area contributed by atoms with Gasteiger partial charge in [0.05, 0.1) is 0 Å². The van der Waals surface area contributed by atoms with Crippen LogP contribution in [0.2, 0.25) is 19.1 Å². The van der Waals surface area contributed by atoms with Gasteiger partial charge in [0.2, 0.25) is 0 Å². The number of amides is 1. The van der Waals surface area contributed by atoms with Crippen molar-refractivity contribution in [3.8, 4) is 0 Å². The minimum atomic E-state index is -1.77. The van der Waals surface area contributed by atoms with Crippen LogP contribution in [0.25, 0.3) is 0 Å². The van der Waals surface area contributed by atoms with Gasteiger partial charge in [0.1, 0.15) is 12.3 Å². The number of hydrogen-bond acceptors (Lipinski definition) is 4. The maximum absolute atomic E-state index is 12.2. The fourth-order valence-corrected chi connectivity index (χ4v) is 4.74. The summed E-state index contributed by atoms with van der Waals surface area (Å²) < 4.78 is 11.5. The normalized spacial score (nSPS) is 14.2. The Morgan fingerprint density at radius 2 is 1.76 bits per heavy atom. The first-order valence-corrected chi connectivity index (χ1v) is 10.8. The molecule has 0 saturated carbocycles. The highest BCUT2D eigenvalue weighted by Gasteiger charge is 2.28. The zero-order chi connectivity index (χ0) is 16.8. The average molecular weight is 319 g/mol. The lowest BCUT2D eigenvalue weighted by atomic mass is 10.2. The second-order valence-corrected chi connectivity index (χ2v) is 12.0. The van der Waals surface area contributed by atoms with E-state index in [0.717, 1.165) is 6.04 Å². The Balaban J connectivity index is 4.67. The third kappa shape index (κ3) is 10.7. The molecule has 0 aromatic heterocycles. The van der Waals surface area contributed by atoms with Crippen LogP contribution in [-0.2, 0) is 9.16 Å². The minimum Gasteiger partial charge on any atom is -0.444 e. The van der Waals surface area contributed by atoms with Crippen molar-refractivity contribution in [2.45, 2.75) is 72.3 Å². The van der Waals surface area contributed by atoms with Crippen molar-refractivity contribution in [1.29, 1.82) is 0 Å². The average Bonchev–Trinajstić information content (AvgIpc) is 2.19. The summed E-state index contributed by atoms with van der Waals surface area (Å²) >= 11 is 0. The molecule has 1 atom stereocenters. The molecule has 0 aliphatic heterocycles. The van der Waals surface area contributed by atoms with Gasteiger partial charge in [0.15, 0.2) is 8.32 Å². The van der Waals surface area contributed by atoms with Gasteiger partial charge in [0.25, 0.3) is 0 Å². The molecular formula is C15H34N2O3Si. The fraction of sp³-hybridized carbons (Fsp3) is 0.933. The molecule has 21 heavy (non-hydrogen) atoms. The number of hydrogen-bond donors (Lipinski definition) is 1. The quantitative estimate of drug-likeness (QED) is 0.577. The Hall–Kier alpha value is -0.593. The van der Waals surface area contributed by atoms with Crippen molar-refractivity contribution < 1.29 is 14.0 Å². The number of ether oxygens (including phenoxy) is 1. The van der Waals surface area contributed by atoms with Gasteiger partial charge in [0, 0.05) is 12.6 Å². The predicted octanol–water partition coefficient (Wildman–Crippen LogP) is 3.41. The van der Waals surface area contributed by atoms with E-state index in [1.165, 1.54) is 0 Å². The molecule has 0 aromatic rings. The first-order chi connectivity index (χ1) is 9.32. The molecule has 0 bridgehead atoms. The van der Waals surface area contributed by atoms with E-state index in [-0.39, 0.29) is 18.9 Å². The first kappa shape index (κ1) is 20.4. The Kier molecular flexibility index (Phi) is 7.92. The van der Waals surface area contributed by atoms with Crippen molar-refractivity contribution in [3.63, 3.8) is 0 Å². The molecule has 0 heterocycles. The van der Waals surface area contributed by atoms with E-state index in [1.807, 2.05) is 27.7 Å². The van der Waals surface area contributed by atoms with Crippen LogP contribution in [-0.4, -0.2) is 44.2 Å². The van der Waals surface area contributed by atoms with E-state index in [1.54, 1.807) is 4.90 Å². The fourth-order valence-electron chi connectivity index (χ4n) is 2.15. The van der Waals surface area contributed by atoms with Crippen LogP contribution in [0.15, 0.2) is 0 Å². The van der Waals surface area contributed by atoms with Crippen molar-refractivity contribution in [2.75, 3.05) is 13.3 Å². The molecule has 0 spiro atoms. The van der Waals surface area contributed by atoms with Crippen molar-refractivity contribution >= 4 is 14.4 Å². The summed E-state index contributed by atoms with van der Waals surface area (Å²) in [5.74, 6) is 0.593. The second-order valence-electron chi connectivity index (χ2n) is 7.81. The van der Waals surface area contributed by atoms with Crippen molar-refractivity contribution in [3.05, 3.63) is 0 Å². The zero-order valence-corrected chi connectivity index (χ0v) is 16.0. The summed E-state index contributed by atoms with van der Waals surface area (Å²) in [4.78, 5) is 13.8. The predicted molar refractivity (Wildman–Crippen MR) is 89.7 cm³/mol. The molecule has 126 valence electrons. The van der Waals surface area contributed by atoms with E-state index in [9.17, 15) is 4.79 Å². The van der Waals surface area contributed by atoms with Crippen LogP contribution in [0.3, 0.4) is 0 Å². The Labute approximate surface area is 131 Å². The van der Waals surface area contributed by atoms with E-state index in [0.29, 0.717) is 12.5 Å². The summed E-state index contributed by atoms with van der Waals surface area (Å²) in [7, 11) is -1.77. The van der Waals surface area contributed by atoms with Crippen LogP contribution in [0.1, 0.15) is 41.5 Å². The summed E-state index contributed by atoms with van der Waals surface area (Å²) in [5.41, 5.74) is 5.31. The SMILES string of the molecule is CC(C)C[Si](C)(C)OCN(C[C@H](C)N)C(=O)OC(C)(C)C. The molecule has 0 aliphatic rings. The summed E-state index contributed by atoms with van der Waals surface area (Å²) in [6, 6.07) is 0.948. The number of carbonyl (C=O) groups is 1. The van der Waals surface area contributed by atoms with Crippen molar-refractivity contribution in [2.24, 2.45) is 11.7 Å².